The number of aryl methyl sites for hydroxylation is 2. The predicted octanol–water partition coefficient (Wildman–Crippen LogP) is 5.32. The molecule has 0 unspecified atom stereocenters. The second-order valence-electron chi connectivity index (χ2n) is 5.56. The Morgan fingerprint density at radius 2 is 1.71 bits per heavy atom. The molecule has 0 saturated heterocycles. The number of hydrogen-bond donors (Lipinski definition) is 0. The molecule has 0 fully saturated rings. The molecule has 0 amide bonds. The molecule has 0 spiro atoms. The molecular formula is C19H20OS. The van der Waals surface area contributed by atoms with Gasteiger partial charge in [-0.25, -0.2) is 0 Å². The van der Waals surface area contributed by atoms with Gasteiger partial charge in [0.25, 0.3) is 0 Å². The average Bonchev–Trinajstić information content (AvgIpc) is 2.48. The van der Waals surface area contributed by atoms with Crippen molar-refractivity contribution in [1.82, 2.24) is 0 Å². The Morgan fingerprint density at radius 3 is 2.48 bits per heavy atom. The smallest absolute Gasteiger partial charge is 0.196 e. The lowest BCUT2D eigenvalue weighted by Crippen LogP contribution is -2.05. The van der Waals surface area contributed by atoms with Crippen molar-refractivity contribution in [1.29, 1.82) is 0 Å². The normalized spacial score (nSPS) is 11.3. The molecule has 0 saturated carbocycles. The van der Waals surface area contributed by atoms with Crippen LogP contribution in [-0.4, -0.2) is 0 Å². The van der Waals surface area contributed by atoms with Crippen molar-refractivity contribution < 1.29 is 0 Å². The van der Waals surface area contributed by atoms with Gasteiger partial charge in [0.15, 0.2) is 5.43 Å². The summed E-state index contributed by atoms with van der Waals surface area (Å²) in [5.41, 5.74) is 2.79. The van der Waals surface area contributed by atoms with Crippen molar-refractivity contribution >= 4 is 31.5 Å². The fourth-order valence-electron chi connectivity index (χ4n) is 2.97. The highest BCUT2D eigenvalue weighted by Crippen LogP contribution is 2.29. The number of fused-ring (bicyclic) bond motifs is 2. The highest BCUT2D eigenvalue weighted by molar-refractivity contribution is 7.24. The molecule has 0 atom stereocenters. The third-order valence-electron chi connectivity index (χ3n) is 3.88. The first-order valence-electron chi connectivity index (χ1n) is 7.72. The molecule has 108 valence electrons. The molecule has 1 aromatic heterocycles. The van der Waals surface area contributed by atoms with Crippen LogP contribution in [0.1, 0.15) is 37.8 Å². The third kappa shape index (κ3) is 2.60. The number of rotatable bonds is 4. The van der Waals surface area contributed by atoms with Crippen molar-refractivity contribution in [2.24, 2.45) is 0 Å². The van der Waals surface area contributed by atoms with E-state index in [1.807, 2.05) is 24.3 Å². The number of hydrogen-bond acceptors (Lipinski definition) is 2. The van der Waals surface area contributed by atoms with Crippen LogP contribution < -0.4 is 5.43 Å². The predicted molar refractivity (Wildman–Crippen MR) is 93.6 cm³/mol. The van der Waals surface area contributed by atoms with E-state index in [2.05, 4.69) is 26.0 Å². The molecule has 0 N–H and O–H groups in total. The van der Waals surface area contributed by atoms with Gasteiger partial charge in [0.05, 0.1) is 0 Å². The zero-order chi connectivity index (χ0) is 14.8. The largest absolute Gasteiger partial charge is 0.288 e. The van der Waals surface area contributed by atoms with Gasteiger partial charge < -0.3 is 0 Å². The Kier molecular flexibility index (Phi) is 4.07. The van der Waals surface area contributed by atoms with Crippen LogP contribution in [0, 0.1) is 0 Å². The first-order valence-corrected chi connectivity index (χ1v) is 8.53. The Balaban J connectivity index is 2.40. The summed E-state index contributed by atoms with van der Waals surface area (Å²) in [5.74, 6) is 0. The van der Waals surface area contributed by atoms with Crippen LogP contribution in [0.25, 0.3) is 20.2 Å². The van der Waals surface area contributed by atoms with Crippen molar-refractivity contribution in [2.45, 2.75) is 39.5 Å². The molecular weight excluding hydrogens is 276 g/mol. The molecule has 3 aromatic rings. The van der Waals surface area contributed by atoms with Crippen LogP contribution in [0.3, 0.4) is 0 Å². The summed E-state index contributed by atoms with van der Waals surface area (Å²) < 4.78 is 2.24. The van der Waals surface area contributed by atoms with E-state index in [-0.39, 0.29) is 5.43 Å². The molecule has 0 bridgehead atoms. The lowest BCUT2D eigenvalue weighted by Gasteiger charge is -2.09. The zero-order valence-corrected chi connectivity index (χ0v) is 13.4. The maximum absolute atomic E-state index is 12.9. The van der Waals surface area contributed by atoms with Crippen molar-refractivity contribution in [2.75, 3.05) is 0 Å². The van der Waals surface area contributed by atoms with Gasteiger partial charge in [0.2, 0.25) is 0 Å². The summed E-state index contributed by atoms with van der Waals surface area (Å²) in [6, 6.07) is 12.4. The van der Waals surface area contributed by atoms with Gasteiger partial charge in [-0.3, -0.25) is 4.79 Å². The van der Waals surface area contributed by atoms with Crippen LogP contribution in [-0.2, 0) is 12.8 Å². The summed E-state index contributed by atoms with van der Waals surface area (Å²) >= 11 is 1.75. The molecule has 0 radical (unpaired) electrons. The fraction of sp³-hybridized carbons (Fsp3) is 0.316. The maximum Gasteiger partial charge on any atom is 0.196 e. The molecule has 3 rings (SSSR count). The van der Waals surface area contributed by atoms with E-state index in [0.29, 0.717) is 0 Å². The van der Waals surface area contributed by atoms with E-state index < -0.39 is 0 Å². The fourth-order valence-corrected chi connectivity index (χ4v) is 4.16. The molecule has 1 nitrogen and oxygen atoms in total. The first-order chi connectivity index (χ1) is 10.2. The highest BCUT2D eigenvalue weighted by Gasteiger charge is 2.11. The molecule has 2 aromatic carbocycles. The maximum atomic E-state index is 12.9. The highest BCUT2D eigenvalue weighted by atomic mass is 32.1. The van der Waals surface area contributed by atoms with E-state index >= 15 is 0 Å². The Bertz CT molecular complexity index is 845. The summed E-state index contributed by atoms with van der Waals surface area (Å²) in [4.78, 5) is 12.9. The van der Waals surface area contributed by atoms with Gasteiger partial charge in [-0.2, -0.15) is 0 Å². The number of benzene rings is 2. The third-order valence-corrected chi connectivity index (χ3v) is 5.00. The Labute approximate surface area is 129 Å². The lowest BCUT2D eigenvalue weighted by molar-refractivity contribution is 0.902. The van der Waals surface area contributed by atoms with Crippen molar-refractivity contribution in [3.8, 4) is 0 Å². The van der Waals surface area contributed by atoms with Gasteiger partial charge in [-0.1, -0.05) is 44.9 Å². The molecule has 1 heterocycles. The van der Waals surface area contributed by atoms with Crippen LogP contribution in [0.5, 0.6) is 0 Å². The second kappa shape index (κ2) is 5.98. The summed E-state index contributed by atoms with van der Waals surface area (Å²) in [6.07, 6.45) is 4.27. The minimum atomic E-state index is 0.200. The summed E-state index contributed by atoms with van der Waals surface area (Å²) in [6.45, 7) is 4.37. The van der Waals surface area contributed by atoms with E-state index in [9.17, 15) is 4.79 Å². The molecule has 21 heavy (non-hydrogen) atoms. The summed E-state index contributed by atoms with van der Waals surface area (Å²) in [7, 11) is 0. The van der Waals surface area contributed by atoms with E-state index in [0.717, 1.165) is 45.9 Å². The zero-order valence-electron chi connectivity index (χ0n) is 12.6. The minimum Gasteiger partial charge on any atom is -0.288 e. The summed E-state index contributed by atoms with van der Waals surface area (Å²) in [5, 5.41) is 1.80. The van der Waals surface area contributed by atoms with E-state index in [4.69, 9.17) is 0 Å². The van der Waals surface area contributed by atoms with E-state index in [1.165, 1.54) is 11.1 Å². The van der Waals surface area contributed by atoms with Gasteiger partial charge in [-0.15, -0.1) is 11.3 Å². The Hall–Kier alpha value is -1.67. The molecule has 0 aliphatic heterocycles. The topological polar surface area (TPSA) is 17.1 Å². The minimum absolute atomic E-state index is 0.200. The van der Waals surface area contributed by atoms with Crippen LogP contribution >= 0.6 is 11.3 Å². The van der Waals surface area contributed by atoms with Crippen molar-refractivity contribution in [3.05, 3.63) is 57.7 Å². The standard InChI is InChI=1S/C19H20OS/c1-3-7-13-11-14(8-4-2)18-17(12-13)21-16-10-6-5-9-15(16)19(18)20/h5-6,9-12H,3-4,7-8H2,1-2H3. The van der Waals surface area contributed by atoms with Crippen molar-refractivity contribution in [3.63, 3.8) is 0 Å². The average molecular weight is 296 g/mol. The lowest BCUT2D eigenvalue weighted by atomic mass is 9.99. The van der Waals surface area contributed by atoms with Crippen LogP contribution in [0.15, 0.2) is 41.2 Å². The van der Waals surface area contributed by atoms with E-state index in [1.54, 1.807) is 11.3 Å². The van der Waals surface area contributed by atoms with Gasteiger partial charge in [0, 0.05) is 20.2 Å². The first kappa shape index (κ1) is 14.3. The second-order valence-corrected chi connectivity index (χ2v) is 6.64. The monoisotopic (exact) mass is 296 g/mol. The van der Waals surface area contributed by atoms with Crippen LogP contribution in [0.4, 0.5) is 0 Å². The Morgan fingerprint density at radius 1 is 0.952 bits per heavy atom. The van der Waals surface area contributed by atoms with Gasteiger partial charge >= 0.3 is 0 Å². The molecule has 2 heteroatoms. The van der Waals surface area contributed by atoms with Gasteiger partial charge in [-0.05, 0) is 42.2 Å². The van der Waals surface area contributed by atoms with Gasteiger partial charge in [0.1, 0.15) is 0 Å². The molecule has 0 aliphatic carbocycles. The quantitative estimate of drug-likeness (QED) is 0.595. The SMILES string of the molecule is CCCc1cc(CCC)c2c(=O)c3ccccc3sc2c1. The molecule has 0 aliphatic rings. The van der Waals surface area contributed by atoms with Crippen LogP contribution in [0.2, 0.25) is 0 Å².